The molecule has 6 nitrogen and oxygen atoms in total. The van der Waals surface area contributed by atoms with Crippen LogP contribution in [0, 0.1) is 12.3 Å². The molecule has 0 radical (unpaired) electrons. The number of amides is 1. The smallest absolute Gasteiger partial charge is 0.242 e. The second-order valence-electron chi connectivity index (χ2n) is 3.09. The lowest BCUT2D eigenvalue weighted by Gasteiger charge is -2.13. The van der Waals surface area contributed by atoms with Crippen LogP contribution in [0.25, 0.3) is 0 Å². The van der Waals surface area contributed by atoms with Gasteiger partial charge in [0.2, 0.25) is 5.91 Å². The predicted octanol–water partition coefficient (Wildman–Crippen LogP) is -0.409. The molecule has 80 valence electrons. The van der Waals surface area contributed by atoms with Gasteiger partial charge in [0.25, 0.3) is 0 Å². The zero-order valence-corrected chi connectivity index (χ0v) is 8.55. The molecule has 15 heavy (non-hydrogen) atoms. The topological polar surface area (TPSA) is 72.7 Å². The Hall–Kier alpha value is -1.90. The zero-order valence-electron chi connectivity index (χ0n) is 8.55. The highest BCUT2D eigenvalue weighted by Crippen LogP contribution is 1.95. The van der Waals surface area contributed by atoms with Gasteiger partial charge in [0.1, 0.15) is 12.9 Å². The first-order chi connectivity index (χ1) is 7.26. The summed E-state index contributed by atoms with van der Waals surface area (Å²) in [6, 6.07) is 0.0268. The summed E-state index contributed by atoms with van der Waals surface area (Å²) >= 11 is 0. The molecule has 1 aromatic heterocycles. The van der Waals surface area contributed by atoms with Crippen molar-refractivity contribution in [1.82, 2.24) is 25.5 Å². The minimum absolute atomic E-state index is 0.0268. The van der Waals surface area contributed by atoms with Crippen LogP contribution < -0.4 is 5.32 Å². The molecule has 6 heteroatoms. The van der Waals surface area contributed by atoms with E-state index in [-0.39, 0.29) is 18.5 Å². The van der Waals surface area contributed by atoms with Crippen molar-refractivity contribution >= 4 is 5.91 Å². The summed E-state index contributed by atoms with van der Waals surface area (Å²) in [5.74, 6) is 2.39. The first-order valence-corrected chi connectivity index (χ1v) is 4.69. The average molecular weight is 207 g/mol. The number of tetrazole rings is 1. The van der Waals surface area contributed by atoms with Crippen LogP contribution in [0.15, 0.2) is 6.33 Å². The van der Waals surface area contributed by atoms with E-state index in [1.165, 1.54) is 11.0 Å². The molecule has 0 saturated heterocycles. The fraction of sp³-hybridized carbons (Fsp3) is 0.556. The van der Waals surface area contributed by atoms with Gasteiger partial charge in [0, 0.05) is 12.5 Å². The van der Waals surface area contributed by atoms with Crippen molar-refractivity contribution in [2.45, 2.75) is 32.4 Å². The fourth-order valence-corrected chi connectivity index (χ4v) is 1.11. The van der Waals surface area contributed by atoms with E-state index in [0.29, 0.717) is 6.42 Å². The van der Waals surface area contributed by atoms with Crippen LogP contribution >= 0.6 is 0 Å². The van der Waals surface area contributed by atoms with Gasteiger partial charge in [0.05, 0.1) is 0 Å². The lowest BCUT2D eigenvalue weighted by Crippen LogP contribution is -2.36. The molecule has 0 spiro atoms. The summed E-state index contributed by atoms with van der Waals surface area (Å²) in [6.07, 6.45) is 7.92. The summed E-state index contributed by atoms with van der Waals surface area (Å²) in [5, 5.41) is 13.3. The Morgan fingerprint density at radius 2 is 2.53 bits per heavy atom. The van der Waals surface area contributed by atoms with E-state index in [1.54, 1.807) is 0 Å². The Labute approximate surface area is 88.0 Å². The summed E-state index contributed by atoms with van der Waals surface area (Å²) < 4.78 is 1.36. The number of terminal acetylenes is 1. The summed E-state index contributed by atoms with van der Waals surface area (Å²) in [7, 11) is 0. The van der Waals surface area contributed by atoms with Crippen molar-refractivity contribution in [1.29, 1.82) is 0 Å². The number of nitrogens with one attached hydrogen (secondary N) is 1. The van der Waals surface area contributed by atoms with E-state index in [4.69, 9.17) is 6.42 Å². The van der Waals surface area contributed by atoms with Crippen LogP contribution in [0.1, 0.15) is 19.8 Å². The van der Waals surface area contributed by atoms with E-state index in [9.17, 15) is 4.79 Å². The van der Waals surface area contributed by atoms with Gasteiger partial charge in [-0.2, -0.15) is 0 Å². The molecule has 0 saturated carbocycles. The molecule has 1 N–H and O–H groups in total. The van der Waals surface area contributed by atoms with E-state index in [2.05, 4.69) is 26.8 Å². The minimum Gasteiger partial charge on any atom is -0.351 e. The van der Waals surface area contributed by atoms with Gasteiger partial charge in [-0.15, -0.1) is 17.4 Å². The van der Waals surface area contributed by atoms with E-state index >= 15 is 0 Å². The summed E-state index contributed by atoms with van der Waals surface area (Å²) in [6.45, 7) is 2.09. The Kier molecular flexibility index (Phi) is 4.29. The molecule has 1 aromatic rings. The third-order valence-electron chi connectivity index (χ3n) is 1.92. The quantitative estimate of drug-likeness (QED) is 0.666. The molecule has 1 heterocycles. The number of nitrogens with zero attached hydrogens (tertiary/aromatic N) is 4. The molecule has 0 aliphatic heterocycles. The van der Waals surface area contributed by atoms with Gasteiger partial charge >= 0.3 is 0 Å². The van der Waals surface area contributed by atoms with Crippen molar-refractivity contribution in [2.24, 2.45) is 0 Å². The Morgan fingerprint density at radius 1 is 1.73 bits per heavy atom. The first kappa shape index (κ1) is 11.2. The molecule has 0 aliphatic rings. The van der Waals surface area contributed by atoms with Crippen molar-refractivity contribution < 1.29 is 4.79 Å². The van der Waals surface area contributed by atoms with Gasteiger partial charge in [-0.1, -0.05) is 6.92 Å². The molecule has 0 fully saturated rings. The molecular weight excluding hydrogens is 194 g/mol. The Bertz CT molecular complexity index is 340. The van der Waals surface area contributed by atoms with Crippen molar-refractivity contribution in [3.8, 4) is 12.3 Å². The van der Waals surface area contributed by atoms with Crippen LogP contribution in [0.4, 0.5) is 0 Å². The fourth-order valence-electron chi connectivity index (χ4n) is 1.11. The summed E-state index contributed by atoms with van der Waals surface area (Å²) in [4.78, 5) is 11.5. The normalized spacial score (nSPS) is 11.7. The predicted molar refractivity (Wildman–Crippen MR) is 53.5 cm³/mol. The van der Waals surface area contributed by atoms with Crippen LogP contribution in [-0.2, 0) is 11.3 Å². The monoisotopic (exact) mass is 207 g/mol. The van der Waals surface area contributed by atoms with Gasteiger partial charge < -0.3 is 5.32 Å². The number of rotatable bonds is 5. The number of carbonyl (C=O) groups is 1. The van der Waals surface area contributed by atoms with Gasteiger partial charge in [-0.25, -0.2) is 4.68 Å². The number of hydrogen-bond acceptors (Lipinski definition) is 4. The van der Waals surface area contributed by atoms with Crippen molar-refractivity contribution in [3.63, 3.8) is 0 Å². The molecule has 1 amide bonds. The molecule has 0 aliphatic carbocycles. The number of carbonyl (C=O) groups excluding carboxylic acids is 1. The third-order valence-corrected chi connectivity index (χ3v) is 1.92. The second kappa shape index (κ2) is 5.75. The van der Waals surface area contributed by atoms with Crippen LogP contribution in [-0.4, -0.2) is 32.2 Å². The van der Waals surface area contributed by atoms with E-state index in [1.807, 2.05) is 6.92 Å². The highest BCUT2D eigenvalue weighted by Gasteiger charge is 2.09. The lowest BCUT2D eigenvalue weighted by molar-refractivity contribution is -0.122. The highest BCUT2D eigenvalue weighted by molar-refractivity contribution is 5.75. The van der Waals surface area contributed by atoms with Crippen molar-refractivity contribution in [3.05, 3.63) is 6.33 Å². The van der Waals surface area contributed by atoms with Crippen LogP contribution in [0.5, 0.6) is 0 Å². The van der Waals surface area contributed by atoms with Gasteiger partial charge in [-0.05, 0) is 16.8 Å². The highest BCUT2D eigenvalue weighted by atomic mass is 16.2. The van der Waals surface area contributed by atoms with Crippen molar-refractivity contribution in [2.75, 3.05) is 0 Å². The maximum Gasteiger partial charge on any atom is 0.242 e. The molecule has 1 unspecified atom stereocenters. The minimum atomic E-state index is -0.135. The second-order valence-corrected chi connectivity index (χ2v) is 3.09. The Balaban J connectivity index is 2.38. The molecule has 0 aromatic carbocycles. The zero-order chi connectivity index (χ0) is 11.1. The maximum atomic E-state index is 11.5. The molecule has 1 atom stereocenters. The molecule has 1 rings (SSSR count). The van der Waals surface area contributed by atoms with Crippen LogP contribution in [0.2, 0.25) is 0 Å². The Morgan fingerprint density at radius 3 is 3.07 bits per heavy atom. The SMILES string of the molecule is C#CCC(CC)NC(=O)Cn1cnnn1. The first-order valence-electron chi connectivity index (χ1n) is 4.69. The number of hydrogen-bond donors (Lipinski definition) is 1. The van der Waals surface area contributed by atoms with Gasteiger partial charge in [-0.3, -0.25) is 4.79 Å². The maximum absolute atomic E-state index is 11.5. The van der Waals surface area contributed by atoms with E-state index < -0.39 is 0 Å². The standard InChI is InChI=1S/C9H13N5O/c1-3-5-8(4-2)11-9(15)6-14-7-10-12-13-14/h1,7-8H,4-6H2,2H3,(H,11,15). The molecular formula is C9H13N5O. The third kappa shape index (κ3) is 3.77. The summed E-state index contributed by atoms with van der Waals surface area (Å²) in [5.41, 5.74) is 0. The lowest BCUT2D eigenvalue weighted by atomic mass is 10.1. The number of aromatic nitrogens is 4. The van der Waals surface area contributed by atoms with Gasteiger partial charge in [0.15, 0.2) is 0 Å². The molecule has 0 bridgehead atoms. The van der Waals surface area contributed by atoms with Crippen LogP contribution in [0.3, 0.4) is 0 Å². The largest absolute Gasteiger partial charge is 0.351 e. The average Bonchev–Trinajstić information content (AvgIpc) is 2.69. The van der Waals surface area contributed by atoms with E-state index in [0.717, 1.165) is 6.42 Å².